The number of ether oxygens (including phenoxy) is 2. The molecule has 4 heteroatoms. The van der Waals surface area contributed by atoms with Crippen molar-refractivity contribution in [2.24, 2.45) is 0 Å². The summed E-state index contributed by atoms with van der Waals surface area (Å²) in [6, 6.07) is 19.1. The van der Waals surface area contributed by atoms with Crippen LogP contribution in [0.4, 0.5) is 0 Å². The molecule has 0 unspecified atom stereocenters. The minimum Gasteiger partial charge on any atom is -0.492 e. The Morgan fingerprint density at radius 2 is 1.61 bits per heavy atom. The fourth-order valence-corrected chi connectivity index (χ4v) is 2.30. The quantitative estimate of drug-likeness (QED) is 0.647. The highest BCUT2D eigenvalue weighted by atomic mass is 16.5. The molecule has 0 aliphatic heterocycles. The topological polar surface area (TPSA) is 55.1 Å². The molecule has 0 saturated heterocycles. The van der Waals surface area contributed by atoms with Crippen LogP contribution in [0.3, 0.4) is 0 Å². The molecule has 4 nitrogen and oxygen atoms in total. The molecule has 2 aromatic carbocycles. The number of pyridine rings is 1. The number of benzene rings is 2. The Morgan fingerprint density at radius 1 is 0.870 bits per heavy atom. The van der Waals surface area contributed by atoms with E-state index in [1.54, 1.807) is 18.3 Å². The Kier molecular flexibility index (Phi) is 4.70. The van der Waals surface area contributed by atoms with Gasteiger partial charge in [-0.15, -0.1) is 0 Å². The van der Waals surface area contributed by atoms with E-state index < -0.39 is 0 Å². The van der Waals surface area contributed by atoms with Gasteiger partial charge in [0.05, 0.1) is 18.8 Å². The highest BCUT2D eigenvalue weighted by Crippen LogP contribution is 2.23. The van der Waals surface area contributed by atoms with Crippen LogP contribution in [-0.4, -0.2) is 18.2 Å². The molecule has 0 spiro atoms. The molecule has 1 heterocycles. The molecule has 1 aromatic heterocycles. The highest BCUT2D eigenvalue weighted by Gasteiger charge is 2.04. The molecular formula is C19H16N2O2. The van der Waals surface area contributed by atoms with Crippen molar-refractivity contribution in [3.05, 3.63) is 66.4 Å². The van der Waals surface area contributed by atoms with Crippen LogP contribution in [0.25, 0.3) is 10.9 Å². The standard InChI is InChI=1S/C19H16N2O2/c20-14-16-6-1-2-9-17(16)22-12-5-13-23-18-10-3-7-15-8-4-11-21-19(15)18/h1-4,6-11H,5,12-13H2. The lowest BCUT2D eigenvalue weighted by molar-refractivity contribution is 0.248. The number of nitrogens with zero attached hydrogens (tertiary/aromatic N) is 2. The van der Waals surface area contributed by atoms with Gasteiger partial charge < -0.3 is 9.47 Å². The summed E-state index contributed by atoms with van der Waals surface area (Å²) in [5.41, 5.74) is 1.41. The molecule has 0 aliphatic rings. The first-order valence-corrected chi connectivity index (χ1v) is 7.47. The summed E-state index contributed by atoms with van der Waals surface area (Å²) in [6.45, 7) is 1.03. The zero-order valence-electron chi connectivity index (χ0n) is 12.6. The van der Waals surface area contributed by atoms with Gasteiger partial charge in [-0.3, -0.25) is 4.98 Å². The normalized spacial score (nSPS) is 10.2. The van der Waals surface area contributed by atoms with Crippen molar-refractivity contribution in [2.45, 2.75) is 6.42 Å². The number of hydrogen-bond acceptors (Lipinski definition) is 4. The Labute approximate surface area is 134 Å². The fraction of sp³-hybridized carbons (Fsp3) is 0.158. The summed E-state index contributed by atoms with van der Waals surface area (Å²) in [5, 5.41) is 10.1. The molecule has 0 radical (unpaired) electrons. The minimum absolute atomic E-state index is 0.497. The third-order valence-electron chi connectivity index (χ3n) is 3.41. The number of para-hydroxylation sites is 2. The van der Waals surface area contributed by atoms with Crippen LogP contribution in [0.15, 0.2) is 60.8 Å². The lowest BCUT2D eigenvalue weighted by Gasteiger charge is -2.10. The molecule has 0 atom stereocenters. The van der Waals surface area contributed by atoms with Crippen LogP contribution in [0, 0.1) is 11.3 Å². The first-order chi connectivity index (χ1) is 11.4. The van der Waals surface area contributed by atoms with Crippen molar-refractivity contribution in [3.63, 3.8) is 0 Å². The maximum absolute atomic E-state index is 9.01. The Balaban J connectivity index is 1.53. The summed E-state index contributed by atoms with van der Waals surface area (Å²) in [4.78, 5) is 4.36. The molecule has 0 N–H and O–H groups in total. The Bertz CT molecular complexity index is 835. The van der Waals surface area contributed by atoms with Crippen molar-refractivity contribution >= 4 is 10.9 Å². The highest BCUT2D eigenvalue weighted by molar-refractivity contribution is 5.84. The molecule has 3 rings (SSSR count). The first kappa shape index (κ1) is 14.9. The minimum atomic E-state index is 0.497. The molecule has 3 aromatic rings. The second-order valence-corrected chi connectivity index (χ2v) is 4.99. The van der Waals surface area contributed by atoms with Gasteiger partial charge in [0, 0.05) is 18.0 Å². The van der Waals surface area contributed by atoms with Gasteiger partial charge in [0.25, 0.3) is 0 Å². The predicted octanol–water partition coefficient (Wildman–Crippen LogP) is 3.95. The van der Waals surface area contributed by atoms with E-state index in [1.807, 2.05) is 42.5 Å². The van der Waals surface area contributed by atoms with Gasteiger partial charge in [0.15, 0.2) is 0 Å². The van der Waals surface area contributed by atoms with Crippen LogP contribution in [-0.2, 0) is 0 Å². The Hall–Kier alpha value is -3.06. The fourth-order valence-electron chi connectivity index (χ4n) is 2.30. The van der Waals surface area contributed by atoms with E-state index in [4.69, 9.17) is 14.7 Å². The second-order valence-electron chi connectivity index (χ2n) is 4.99. The molecule has 0 saturated carbocycles. The summed E-state index contributed by atoms with van der Waals surface area (Å²) in [6.07, 6.45) is 2.49. The number of fused-ring (bicyclic) bond motifs is 1. The van der Waals surface area contributed by atoms with Crippen LogP contribution >= 0.6 is 0 Å². The van der Waals surface area contributed by atoms with Gasteiger partial charge >= 0.3 is 0 Å². The summed E-state index contributed by atoms with van der Waals surface area (Å²) in [7, 11) is 0. The van der Waals surface area contributed by atoms with Crippen molar-refractivity contribution in [3.8, 4) is 17.6 Å². The first-order valence-electron chi connectivity index (χ1n) is 7.47. The lowest BCUT2D eigenvalue weighted by atomic mass is 10.2. The van der Waals surface area contributed by atoms with Crippen LogP contribution in [0.2, 0.25) is 0 Å². The SMILES string of the molecule is N#Cc1ccccc1OCCCOc1cccc2cccnc12. The zero-order valence-corrected chi connectivity index (χ0v) is 12.6. The molecule has 114 valence electrons. The number of aromatic nitrogens is 1. The molecule has 0 fully saturated rings. The van der Waals surface area contributed by atoms with E-state index in [0.717, 1.165) is 23.1 Å². The predicted molar refractivity (Wildman–Crippen MR) is 88.5 cm³/mol. The van der Waals surface area contributed by atoms with Crippen molar-refractivity contribution in [1.29, 1.82) is 5.26 Å². The van der Waals surface area contributed by atoms with E-state index in [2.05, 4.69) is 11.1 Å². The van der Waals surface area contributed by atoms with E-state index >= 15 is 0 Å². The van der Waals surface area contributed by atoms with Crippen LogP contribution in [0.1, 0.15) is 12.0 Å². The number of rotatable bonds is 6. The van der Waals surface area contributed by atoms with Gasteiger partial charge in [0.1, 0.15) is 23.1 Å². The summed E-state index contributed by atoms with van der Waals surface area (Å²) in [5.74, 6) is 1.39. The number of nitriles is 1. The van der Waals surface area contributed by atoms with Crippen LogP contribution in [0.5, 0.6) is 11.5 Å². The van der Waals surface area contributed by atoms with Crippen molar-refractivity contribution in [2.75, 3.05) is 13.2 Å². The average molecular weight is 304 g/mol. The summed E-state index contributed by atoms with van der Waals surface area (Å²) < 4.78 is 11.4. The molecule has 0 aliphatic carbocycles. The lowest BCUT2D eigenvalue weighted by Crippen LogP contribution is -2.06. The maximum atomic E-state index is 9.01. The van der Waals surface area contributed by atoms with Gasteiger partial charge in [-0.1, -0.05) is 30.3 Å². The Morgan fingerprint density at radius 3 is 2.48 bits per heavy atom. The van der Waals surface area contributed by atoms with E-state index in [1.165, 1.54) is 0 Å². The maximum Gasteiger partial charge on any atom is 0.145 e. The third kappa shape index (κ3) is 3.58. The molecule has 0 bridgehead atoms. The largest absolute Gasteiger partial charge is 0.492 e. The van der Waals surface area contributed by atoms with Crippen molar-refractivity contribution in [1.82, 2.24) is 4.98 Å². The number of hydrogen-bond donors (Lipinski definition) is 0. The third-order valence-corrected chi connectivity index (χ3v) is 3.41. The van der Waals surface area contributed by atoms with Crippen LogP contribution < -0.4 is 9.47 Å². The van der Waals surface area contributed by atoms with Crippen molar-refractivity contribution < 1.29 is 9.47 Å². The van der Waals surface area contributed by atoms with E-state index in [0.29, 0.717) is 24.5 Å². The average Bonchev–Trinajstić information content (AvgIpc) is 2.62. The van der Waals surface area contributed by atoms with Gasteiger partial charge in [-0.25, -0.2) is 0 Å². The monoisotopic (exact) mass is 304 g/mol. The second kappa shape index (κ2) is 7.28. The van der Waals surface area contributed by atoms with E-state index in [-0.39, 0.29) is 0 Å². The van der Waals surface area contributed by atoms with E-state index in [9.17, 15) is 0 Å². The van der Waals surface area contributed by atoms with Gasteiger partial charge in [-0.2, -0.15) is 5.26 Å². The summed E-state index contributed by atoms with van der Waals surface area (Å²) >= 11 is 0. The molecule has 23 heavy (non-hydrogen) atoms. The molecular weight excluding hydrogens is 288 g/mol. The van der Waals surface area contributed by atoms with Gasteiger partial charge in [0.2, 0.25) is 0 Å². The zero-order chi connectivity index (χ0) is 15.9. The van der Waals surface area contributed by atoms with Gasteiger partial charge in [-0.05, 0) is 24.3 Å². The molecule has 0 amide bonds. The smallest absolute Gasteiger partial charge is 0.145 e.